The number of hydrogen-bond donors (Lipinski definition) is 1. The fraction of sp³-hybridized carbons (Fsp3) is 0.300. The number of para-hydroxylation sites is 1. The summed E-state index contributed by atoms with van der Waals surface area (Å²) in [6.07, 6.45) is 0. The minimum atomic E-state index is -0.473. The third kappa shape index (κ3) is 5.33. The third-order valence-electron chi connectivity index (χ3n) is 3.65. The molecule has 0 aromatic heterocycles. The van der Waals surface area contributed by atoms with Gasteiger partial charge in [-0.25, -0.2) is 4.79 Å². The highest BCUT2D eigenvalue weighted by molar-refractivity contribution is 9.10. The van der Waals surface area contributed by atoms with Gasteiger partial charge in [0, 0.05) is 4.47 Å². The van der Waals surface area contributed by atoms with Crippen LogP contribution in [0, 0.1) is 0 Å². The number of ether oxygens (including phenoxy) is 2. The van der Waals surface area contributed by atoms with E-state index >= 15 is 0 Å². The van der Waals surface area contributed by atoms with Gasteiger partial charge in [-0.05, 0) is 48.7 Å². The monoisotopic (exact) mass is 419 g/mol. The second kappa shape index (κ2) is 9.38. The first-order valence-corrected chi connectivity index (χ1v) is 9.20. The normalized spacial score (nSPS) is 10.5. The van der Waals surface area contributed by atoms with Crippen LogP contribution in [0.25, 0.3) is 0 Å². The molecule has 0 aliphatic rings. The summed E-state index contributed by atoms with van der Waals surface area (Å²) in [6.45, 7) is 5.97. The molecule has 2 rings (SSSR count). The standard InChI is InChI=1S/C20H22BrNO4/c1-4-25-20(24)15-7-5-6-8-17(15)22-19(23)12-26-18-10-9-14(21)11-16(18)13(2)3/h5-11,13H,4,12H2,1-3H3,(H,22,23). The molecule has 0 aliphatic heterocycles. The number of rotatable bonds is 7. The number of benzene rings is 2. The van der Waals surface area contributed by atoms with Crippen molar-refractivity contribution < 1.29 is 19.1 Å². The van der Waals surface area contributed by atoms with Crippen molar-refractivity contribution in [3.63, 3.8) is 0 Å². The molecular weight excluding hydrogens is 398 g/mol. The van der Waals surface area contributed by atoms with E-state index in [4.69, 9.17) is 9.47 Å². The van der Waals surface area contributed by atoms with E-state index in [2.05, 4.69) is 35.1 Å². The summed E-state index contributed by atoms with van der Waals surface area (Å²) in [6, 6.07) is 12.4. The number of carbonyl (C=O) groups excluding carboxylic acids is 2. The zero-order valence-electron chi connectivity index (χ0n) is 15.0. The summed E-state index contributed by atoms with van der Waals surface area (Å²) in [5, 5.41) is 2.71. The first-order chi connectivity index (χ1) is 12.4. The Morgan fingerprint density at radius 3 is 2.58 bits per heavy atom. The predicted octanol–water partition coefficient (Wildman–Crippen LogP) is 4.77. The molecule has 1 amide bonds. The fourth-order valence-corrected chi connectivity index (χ4v) is 2.79. The van der Waals surface area contributed by atoms with Crippen molar-refractivity contribution in [2.75, 3.05) is 18.5 Å². The molecule has 0 heterocycles. The molecule has 0 unspecified atom stereocenters. The average molecular weight is 420 g/mol. The second-order valence-corrected chi connectivity index (χ2v) is 6.86. The summed E-state index contributed by atoms with van der Waals surface area (Å²) in [5.74, 6) is 0.103. The molecule has 0 saturated heterocycles. The van der Waals surface area contributed by atoms with Crippen LogP contribution in [0.3, 0.4) is 0 Å². The maximum atomic E-state index is 12.3. The maximum absolute atomic E-state index is 12.3. The van der Waals surface area contributed by atoms with Crippen LogP contribution in [-0.4, -0.2) is 25.1 Å². The lowest BCUT2D eigenvalue weighted by Gasteiger charge is -2.15. The molecule has 2 aromatic carbocycles. The van der Waals surface area contributed by atoms with E-state index < -0.39 is 5.97 Å². The quantitative estimate of drug-likeness (QED) is 0.656. The average Bonchev–Trinajstić information content (AvgIpc) is 2.61. The Labute approximate surface area is 161 Å². The van der Waals surface area contributed by atoms with E-state index in [0.29, 0.717) is 17.0 Å². The first kappa shape index (κ1) is 20.0. The summed E-state index contributed by atoms with van der Waals surface area (Å²) < 4.78 is 11.7. The molecule has 0 radical (unpaired) electrons. The predicted molar refractivity (Wildman–Crippen MR) is 105 cm³/mol. The molecule has 26 heavy (non-hydrogen) atoms. The van der Waals surface area contributed by atoms with Gasteiger partial charge in [0.1, 0.15) is 5.75 Å². The number of nitrogens with one attached hydrogen (secondary N) is 1. The van der Waals surface area contributed by atoms with E-state index in [1.54, 1.807) is 31.2 Å². The number of esters is 1. The lowest BCUT2D eigenvalue weighted by molar-refractivity contribution is -0.118. The Kier molecular flexibility index (Phi) is 7.21. The number of hydrogen-bond acceptors (Lipinski definition) is 4. The summed E-state index contributed by atoms with van der Waals surface area (Å²) in [7, 11) is 0. The number of carbonyl (C=O) groups is 2. The molecule has 0 aliphatic carbocycles. The van der Waals surface area contributed by atoms with Crippen LogP contribution in [0.15, 0.2) is 46.9 Å². The smallest absolute Gasteiger partial charge is 0.340 e. The Morgan fingerprint density at radius 2 is 1.88 bits per heavy atom. The molecular formula is C20H22BrNO4. The van der Waals surface area contributed by atoms with Gasteiger partial charge in [-0.15, -0.1) is 0 Å². The Morgan fingerprint density at radius 1 is 1.15 bits per heavy atom. The van der Waals surface area contributed by atoms with Gasteiger partial charge in [-0.3, -0.25) is 4.79 Å². The highest BCUT2D eigenvalue weighted by atomic mass is 79.9. The molecule has 1 N–H and O–H groups in total. The van der Waals surface area contributed by atoms with E-state index in [1.165, 1.54) is 0 Å². The topological polar surface area (TPSA) is 64.6 Å². The molecule has 0 atom stereocenters. The van der Waals surface area contributed by atoms with Crippen molar-refractivity contribution in [2.24, 2.45) is 0 Å². The second-order valence-electron chi connectivity index (χ2n) is 5.94. The van der Waals surface area contributed by atoms with Crippen molar-refractivity contribution in [3.05, 3.63) is 58.1 Å². The van der Waals surface area contributed by atoms with Crippen LogP contribution in [0.2, 0.25) is 0 Å². The van der Waals surface area contributed by atoms with Crippen LogP contribution in [0.5, 0.6) is 5.75 Å². The van der Waals surface area contributed by atoms with Crippen LogP contribution in [0.4, 0.5) is 5.69 Å². The van der Waals surface area contributed by atoms with Crippen molar-refractivity contribution in [2.45, 2.75) is 26.7 Å². The summed E-state index contributed by atoms with van der Waals surface area (Å²) in [4.78, 5) is 24.2. The molecule has 6 heteroatoms. The summed E-state index contributed by atoms with van der Waals surface area (Å²) in [5.41, 5.74) is 1.73. The third-order valence-corrected chi connectivity index (χ3v) is 4.14. The highest BCUT2D eigenvalue weighted by Crippen LogP contribution is 2.29. The van der Waals surface area contributed by atoms with Crippen molar-refractivity contribution >= 4 is 33.5 Å². The van der Waals surface area contributed by atoms with E-state index in [-0.39, 0.29) is 25.0 Å². The molecule has 5 nitrogen and oxygen atoms in total. The van der Waals surface area contributed by atoms with E-state index in [1.807, 2.05) is 18.2 Å². The van der Waals surface area contributed by atoms with E-state index in [9.17, 15) is 9.59 Å². The van der Waals surface area contributed by atoms with Crippen LogP contribution in [-0.2, 0) is 9.53 Å². The van der Waals surface area contributed by atoms with Crippen molar-refractivity contribution in [1.82, 2.24) is 0 Å². The van der Waals surface area contributed by atoms with Gasteiger partial charge in [0.15, 0.2) is 6.61 Å². The molecule has 0 saturated carbocycles. The Hall–Kier alpha value is -2.34. The van der Waals surface area contributed by atoms with Gasteiger partial charge in [0.25, 0.3) is 5.91 Å². The van der Waals surface area contributed by atoms with Crippen LogP contribution in [0.1, 0.15) is 42.6 Å². The number of halogens is 1. The SMILES string of the molecule is CCOC(=O)c1ccccc1NC(=O)COc1ccc(Br)cc1C(C)C. The first-order valence-electron chi connectivity index (χ1n) is 8.40. The molecule has 0 spiro atoms. The van der Waals surface area contributed by atoms with Crippen molar-refractivity contribution in [1.29, 1.82) is 0 Å². The van der Waals surface area contributed by atoms with Gasteiger partial charge in [-0.2, -0.15) is 0 Å². The lowest BCUT2D eigenvalue weighted by atomic mass is 10.0. The number of anilines is 1. The molecule has 0 bridgehead atoms. The van der Waals surface area contributed by atoms with Gasteiger partial charge in [0.2, 0.25) is 0 Å². The Balaban J connectivity index is 2.06. The minimum absolute atomic E-state index is 0.154. The highest BCUT2D eigenvalue weighted by Gasteiger charge is 2.15. The number of amides is 1. The van der Waals surface area contributed by atoms with Gasteiger partial charge in [0.05, 0.1) is 17.9 Å². The van der Waals surface area contributed by atoms with E-state index in [0.717, 1.165) is 10.0 Å². The zero-order valence-corrected chi connectivity index (χ0v) is 16.6. The lowest BCUT2D eigenvalue weighted by Crippen LogP contribution is -2.22. The zero-order chi connectivity index (χ0) is 19.1. The van der Waals surface area contributed by atoms with Crippen LogP contribution < -0.4 is 10.1 Å². The summed E-state index contributed by atoms with van der Waals surface area (Å²) >= 11 is 3.44. The molecule has 2 aromatic rings. The Bertz CT molecular complexity index is 789. The largest absolute Gasteiger partial charge is 0.483 e. The minimum Gasteiger partial charge on any atom is -0.483 e. The van der Waals surface area contributed by atoms with Crippen LogP contribution >= 0.6 is 15.9 Å². The van der Waals surface area contributed by atoms with Gasteiger partial charge < -0.3 is 14.8 Å². The molecule has 0 fully saturated rings. The fourth-order valence-electron chi connectivity index (χ4n) is 2.41. The maximum Gasteiger partial charge on any atom is 0.340 e. The van der Waals surface area contributed by atoms with Gasteiger partial charge >= 0.3 is 5.97 Å². The van der Waals surface area contributed by atoms with Gasteiger partial charge in [-0.1, -0.05) is 41.9 Å². The van der Waals surface area contributed by atoms with Crippen molar-refractivity contribution in [3.8, 4) is 5.75 Å². The molecule has 138 valence electrons.